The molecule has 0 saturated heterocycles. The zero-order chi connectivity index (χ0) is 20.9. The number of rotatable bonds is 5. The Morgan fingerprint density at radius 1 is 1.23 bits per heavy atom. The highest BCUT2D eigenvalue weighted by molar-refractivity contribution is 6.06. The Hall–Kier alpha value is -4.07. The van der Waals surface area contributed by atoms with Crippen LogP contribution in [0.5, 0.6) is 11.5 Å². The van der Waals surface area contributed by atoms with E-state index in [0.29, 0.717) is 29.4 Å². The maximum atomic E-state index is 12.4. The van der Waals surface area contributed by atoms with Crippen molar-refractivity contribution in [2.45, 2.75) is 6.42 Å². The van der Waals surface area contributed by atoms with Crippen molar-refractivity contribution in [2.24, 2.45) is 0 Å². The number of amides is 2. The summed E-state index contributed by atoms with van der Waals surface area (Å²) in [4.78, 5) is 24.8. The van der Waals surface area contributed by atoms with Gasteiger partial charge in [0.05, 0.1) is 18.4 Å². The normalized spacial score (nSPS) is 14.3. The Labute approximate surface area is 172 Å². The van der Waals surface area contributed by atoms with Crippen LogP contribution in [0.15, 0.2) is 70.9 Å². The second-order valence-corrected chi connectivity index (χ2v) is 6.59. The summed E-state index contributed by atoms with van der Waals surface area (Å²) in [5, 5.41) is 9.11. The molecule has 30 heavy (non-hydrogen) atoms. The number of fused-ring (bicyclic) bond motifs is 1. The van der Waals surface area contributed by atoms with Crippen molar-refractivity contribution in [3.05, 3.63) is 83.4 Å². The lowest BCUT2D eigenvalue weighted by atomic mass is 10.1. The first-order valence-electron chi connectivity index (χ1n) is 9.24. The van der Waals surface area contributed by atoms with E-state index in [1.807, 2.05) is 30.3 Å². The zero-order valence-corrected chi connectivity index (χ0v) is 16.2. The van der Waals surface area contributed by atoms with Gasteiger partial charge in [0, 0.05) is 24.8 Å². The van der Waals surface area contributed by atoms with E-state index in [0.717, 1.165) is 5.56 Å². The van der Waals surface area contributed by atoms with Crippen molar-refractivity contribution in [3.63, 3.8) is 0 Å². The minimum absolute atomic E-state index is 0.00349. The number of carbonyl (C=O) groups excluding carboxylic acids is 2. The first-order chi connectivity index (χ1) is 14.6. The van der Waals surface area contributed by atoms with Crippen molar-refractivity contribution in [1.82, 2.24) is 10.5 Å². The van der Waals surface area contributed by atoms with Gasteiger partial charge in [-0.1, -0.05) is 35.5 Å². The number of hydrogen-bond acceptors (Lipinski definition) is 6. The Bertz CT molecular complexity index is 1100. The Morgan fingerprint density at radius 3 is 2.87 bits per heavy atom. The number of carbonyl (C=O) groups is 2. The number of anilines is 1. The van der Waals surface area contributed by atoms with Gasteiger partial charge in [0.15, 0.2) is 5.69 Å². The smallest absolute Gasteiger partial charge is 0.277 e. The number of nitrogens with one attached hydrogen (secondary N) is 2. The summed E-state index contributed by atoms with van der Waals surface area (Å²) in [6.07, 6.45) is 1.84. The predicted molar refractivity (Wildman–Crippen MR) is 108 cm³/mol. The molecule has 2 heterocycles. The van der Waals surface area contributed by atoms with Crippen LogP contribution in [-0.4, -0.2) is 30.7 Å². The number of aromatic nitrogens is 1. The van der Waals surface area contributed by atoms with Crippen LogP contribution in [0.3, 0.4) is 0 Å². The lowest BCUT2D eigenvalue weighted by Gasteiger charge is -2.07. The van der Waals surface area contributed by atoms with Crippen molar-refractivity contribution < 1.29 is 23.6 Å². The van der Waals surface area contributed by atoms with Gasteiger partial charge in [0.25, 0.3) is 11.8 Å². The van der Waals surface area contributed by atoms with Gasteiger partial charge in [-0.3, -0.25) is 9.59 Å². The molecule has 1 aliphatic rings. The molecule has 8 heteroatoms. The molecule has 2 N–H and O–H groups in total. The molecule has 2 amide bonds. The average Bonchev–Trinajstić information content (AvgIpc) is 3.16. The van der Waals surface area contributed by atoms with Gasteiger partial charge >= 0.3 is 0 Å². The summed E-state index contributed by atoms with van der Waals surface area (Å²) in [7, 11) is 1.54. The second-order valence-electron chi connectivity index (χ2n) is 6.59. The third kappa shape index (κ3) is 4.33. The van der Waals surface area contributed by atoms with Gasteiger partial charge in [-0.15, -0.1) is 0 Å². The van der Waals surface area contributed by atoms with Gasteiger partial charge in [-0.05, 0) is 17.7 Å². The average molecular weight is 405 g/mol. The minimum Gasteiger partial charge on any atom is -0.497 e. The van der Waals surface area contributed by atoms with Gasteiger partial charge in [0.1, 0.15) is 23.9 Å². The molecule has 0 bridgehead atoms. The molecule has 0 saturated carbocycles. The molecule has 0 unspecified atom stereocenters. The molecular weight excluding hydrogens is 386 g/mol. The SMILES string of the molecule is COc1ccc2c(c1)NC(=O)/C(=C/NC(=O)c1cc(Cc3ccccc3)on1)CO2. The number of ether oxygens (including phenoxy) is 2. The van der Waals surface area contributed by atoms with Gasteiger partial charge in [-0.25, -0.2) is 0 Å². The second kappa shape index (κ2) is 8.52. The van der Waals surface area contributed by atoms with Crippen LogP contribution in [-0.2, 0) is 11.2 Å². The van der Waals surface area contributed by atoms with Crippen LogP contribution in [0.25, 0.3) is 0 Å². The first-order valence-corrected chi connectivity index (χ1v) is 9.24. The van der Waals surface area contributed by atoms with E-state index >= 15 is 0 Å². The summed E-state index contributed by atoms with van der Waals surface area (Å²) in [5.41, 5.74) is 1.93. The van der Waals surface area contributed by atoms with Crippen molar-refractivity contribution in [1.29, 1.82) is 0 Å². The molecule has 1 aliphatic heterocycles. The first kappa shape index (κ1) is 19.3. The Kier molecular flexibility index (Phi) is 5.47. The van der Waals surface area contributed by atoms with Crippen LogP contribution >= 0.6 is 0 Å². The molecular formula is C22H19N3O5. The standard InChI is InChI=1S/C22H19N3O5/c1-28-16-7-8-20-18(10-16)24-21(26)15(13-29-20)12-23-22(27)19-11-17(30-25-19)9-14-5-3-2-4-6-14/h2-8,10-12H,9,13H2,1H3,(H,23,27)(H,24,26)/b15-12+. The fourth-order valence-electron chi connectivity index (χ4n) is 2.92. The molecule has 0 atom stereocenters. The third-order valence-corrected chi connectivity index (χ3v) is 4.50. The Balaban J connectivity index is 1.41. The molecule has 0 aliphatic carbocycles. The lowest BCUT2D eigenvalue weighted by molar-refractivity contribution is -0.113. The quantitative estimate of drug-likeness (QED) is 0.633. The van der Waals surface area contributed by atoms with Crippen molar-refractivity contribution in [3.8, 4) is 11.5 Å². The fraction of sp³-hybridized carbons (Fsp3) is 0.136. The van der Waals surface area contributed by atoms with E-state index in [-0.39, 0.29) is 23.8 Å². The largest absolute Gasteiger partial charge is 0.497 e. The molecule has 0 spiro atoms. The van der Waals surface area contributed by atoms with E-state index in [1.165, 1.54) is 13.3 Å². The van der Waals surface area contributed by atoms with Crippen molar-refractivity contribution in [2.75, 3.05) is 19.0 Å². The molecule has 152 valence electrons. The molecule has 3 aromatic rings. The minimum atomic E-state index is -0.484. The Morgan fingerprint density at radius 2 is 2.07 bits per heavy atom. The van der Waals surface area contributed by atoms with Gasteiger partial charge < -0.3 is 24.6 Å². The van der Waals surface area contributed by atoms with E-state index < -0.39 is 5.91 Å². The highest BCUT2D eigenvalue weighted by Crippen LogP contribution is 2.31. The van der Waals surface area contributed by atoms with E-state index in [1.54, 1.807) is 24.3 Å². The van der Waals surface area contributed by atoms with Gasteiger partial charge in [-0.2, -0.15) is 0 Å². The molecule has 1 aromatic heterocycles. The monoisotopic (exact) mass is 405 g/mol. The molecule has 8 nitrogen and oxygen atoms in total. The number of methoxy groups -OCH3 is 1. The highest BCUT2D eigenvalue weighted by Gasteiger charge is 2.20. The summed E-state index contributed by atoms with van der Waals surface area (Å²) in [6.45, 7) is 0.00349. The number of benzene rings is 2. The zero-order valence-electron chi connectivity index (χ0n) is 16.2. The summed E-state index contributed by atoms with van der Waals surface area (Å²) < 4.78 is 16.0. The van der Waals surface area contributed by atoms with Crippen LogP contribution < -0.4 is 20.1 Å². The maximum Gasteiger partial charge on any atom is 0.277 e. The molecule has 0 fully saturated rings. The topological polar surface area (TPSA) is 103 Å². The maximum absolute atomic E-state index is 12.4. The van der Waals surface area contributed by atoms with Crippen LogP contribution in [0.1, 0.15) is 21.8 Å². The van der Waals surface area contributed by atoms with Crippen molar-refractivity contribution >= 4 is 17.5 Å². The molecule has 2 aromatic carbocycles. The lowest BCUT2D eigenvalue weighted by Crippen LogP contribution is -2.23. The fourth-order valence-corrected chi connectivity index (χ4v) is 2.92. The summed E-state index contributed by atoms with van der Waals surface area (Å²) in [6, 6.07) is 16.4. The molecule has 0 radical (unpaired) electrons. The van der Waals surface area contributed by atoms with Crippen LogP contribution in [0.4, 0.5) is 5.69 Å². The molecule has 4 rings (SSSR count). The summed E-state index contributed by atoms with van der Waals surface area (Å²) in [5.74, 6) is 0.810. The van der Waals surface area contributed by atoms with Crippen LogP contribution in [0, 0.1) is 0 Å². The summed E-state index contributed by atoms with van der Waals surface area (Å²) >= 11 is 0. The number of hydrogen-bond donors (Lipinski definition) is 2. The third-order valence-electron chi connectivity index (χ3n) is 4.50. The van der Waals surface area contributed by atoms with Gasteiger partial charge in [0.2, 0.25) is 0 Å². The highest BCUT2D eigenvalue weighted by atomic mass is 16.5. The van der Waals surface area contributed by atoms with E-state index in [4.69, 9.17) is 14.0 Å². The predicted octanol–water partition coefficient (Wildman–Crippen LogP) is 2.92. The van der Waals surface area contributed by atoms with Crippen LogP contribution in [0.2, 0.25) is 0 Å². The van der Waals surface area contributed by atoms with E-state index in [9.17, 15) is 9.59 Å². The number of nitrogens with zero attached hydrogens (tertiary/aromatic N) is 1. The van der Waals surface area contributed by atoms with E-state index in [2.05, 4.69) is 15.8 Å².